The number of rotatable bonds is 4. The predicted molar refractivity (Wildman–Crippen MR) is 90.5 cm³/mol. The molecule has 1 unspecified atom stereocenters. The van der Waals surface area contributed by atoms with Gasteiger partial charge in [0.05, 0.1) is 33.5 Å². The molecule has 1 aliphatic heterocycles. The molecule has 25 heavy (non-hydrogen) atoms. The number of methoxy groups -OCH3 is 2. The predicted octanol–water partition coefficient (Wildman–Crippen LogP) is 3.06. The van der Waals surface area contributed by atoms with Gasteiger partial charge in [-0.1, -0.05) is 12.1 Å². The summed E-state index contributed by atoms with van der Waals surface area (Å²) in [5, 5.41) is 0. The maximum absolute atomic E-state index is 13.2. The standard InChI is InChI=1S/C19H20FNO4/c1-23-17-8-5-14(11-18(17)24-2)19(22)21-9-10-25-12-16(21)13-3-6-15(20)7-4-13/h3-8,11,16H,9-10,12H2,1-2H3. The summed E-state index contributed by atoms with van der Waals surface area (Å²) in [7, 11) is 3.08. The van der Waals surface area contributed by atoms with E-state index in [4.69, 9.17) is 14.2 Å². The van der Waals surface area contributed by atoms with Crippen molar-refractivity contribution in [1.82, 2.24) is 4.90 Å². The number of amides is 1. The number of hydrogen-bond donors (Lipinski definition) is 0. The van der Waals surface area contributed by atoms with Gasteiger partial charge in [0.15, 0.2) is 11.5 Å². The molecule has 0 bridgehead atoms. The van der Waals surface area contributed by atoms with Gasteiger partial charge in [0.2, 0.25) is 0 Å². The molecule has 0 saturated carbocycles. The van der Waals surface area contributed by atoms with Crippen molar-refractivity contribution in [1.29, 1.82) is 0 Å². The van der Waals surface area contributed by atoms with E-state index in [0.29, 0.717) is 36.8 Å². The van der Waals surface area contributed by atoms with Crippen LogP contribution in [0.15, 0.2) is 42.5 Å². The van der Waals surface area contributed by atoms with Crippen LogP contribution in [0.5, 0.6) is 11.5 Å². The first kappa shape index (κ1) is 17.2. The van der Waals surface area contributed by atoms with Crippen molar-refractivity contribution in [2.24, 2.45) is 0 Å². The Kier molecular flexibility index (Phi) is 5.19. The lowest BCUT2D eigenvalue weighted by molar-refractivity contribution is -0.00272. The summed E-state index contributed by atoms with van der Waals surface area (Å²) in [6, 6.07) is 11.0. The Morgan fingerprint density at radius 3 is 2.52 bits per heavy atom. The van der Waals surface area contributed by atoms with E-state index >= 15 is 0 Å². The van der Waals surface area contributed by atoms with Crippen LogP contribution in [0.1, 0.15) is 22.0 Å². The highest BCUT2D eigenvalue weighted by Crippen LogP contribution is 2.31. The lowest BCUT2D eigenvalue weighted by Crippen LogP contribution is -2.43. The lowest BCUT2D eigenvalue weighted by Gasteiger charge is -2.36. The Bertz CT molecular complexity index is 748. The number of hydrogen-bond acceptors (Lipinski definition) is 4. The zero-order valence-electron chi connectivity index (χ0n) is 14.2. The molecule has 0 aromatic heterocycles. The Morgan fingerprint density at radius 1 is 1.12 bits per heavy atom. The van der Waals surface area contributed by atoms with Crippen LogP contribution in [0.25, 0.3) is 0 Å². The number of carbonyl (C=O) groups is 1. The molecule has 6 heteroatoms. The minimum absolute atomic E-state index is 0.126. The SMILES string of the molecule is COc1ccc(C(=O)N2CCOCC2c2ccc(F)cc2)cc1OC. The van der Waals surface area contributed by atoms with Crippen LogP contribution < -0.4 is 9.47 Å². The summed E-state index contributed by atoms with van der Waals surface area (Å²) >= 11 is 0. The van der Waals surface area contributed by atoms with E-state index in [1.807, 2.05) is 0 Å². The van der Waals surface area contributed by atoms with Crippen LogP contribution in [0.2, 0.25) is 0 Å². The minimum atomic E-state index is -0.307. The Hall–Kier alpha value is -2.60. The van der Waals surface area contributed by atoms with Gasteiger partial charge < -0.3 is 19.1 Å². The number of morpholine rings is 1. The van der Waals surface area contributed by atoms with Gasteiger partial charge in [0, 0.05) is 12.1 Å². The number of carbonyl (C=O) groups excluding carboxylic acids is 1. The summed E-state index contributed by atoms with van der Waals surface area (Å²) < 4.78 is 29.2. The molecule has 1 aliphatic rings. The minimum Gasteiger partial charge on any atom is -0.493 e. The van der Waals surface area contributed by atoms with Crippen molar-refractivity contribution in [2.75, 3.05) is 34.0 Å². The highest BCUT2D eigenvalue weighted by atomic mass is 19.1. The van der Waals surface area contributed by atoms with Gasteiger partial charge in [0.1, 0.15) is 5.82 Å². The van der Waals surface area contributed by atoms with E-state index in [9.17, 15) is 9.18 Å². The van der Waals surface area contributed by atoms with Crippen molar-refractivity contribution in [3.63, 3.8) is 0 Å². The van der Waals surface area contributed by atoms with Gasteiger partial charge in [-0.15, -0.1) is 0 Å². The van der Waals surface area contributed by atoms with Gasteiger partial charge in [-0.3, -0.25) is 4.79 Å². The third-order valence-electron chi connectivity index (χ3n) is 4.27. The second-order valence-corrected chi connectivity index (χ2v) is 5.71. The maximum Gasteiger partial charge on any atom is 0.254 e. The largest absolute Gasteiger partial charge is 0.493 e. The Morgan fingerprint density at radius 2 is 1.84 bits per heavy atom. The fourth-order valence-electron chi connectivity index (χ4n) is 2.94. The van der Waals surface area contributed by atoms with Crippen molar-refractivity contribution in [3.05, 3.63) is 59.4 Å². The number of benzene rings is 2. The molecular weight excluding hydrogens is 325 g/mol. The molecule has 1 saturated heterocycles. The van der Waals surface area contributed by atoms with Crippen molar-refractivity contribution < 1.29 is 23.4 Å². The van der Waals surface area contributed by atoms with Gasteiger partial charge in [-0.2, -0.15) is 0 Å². The van der Waals surface area contributed by atoms with Crippen molar-refractivity contribution in [2.45, 2.75) is 6.04 Å². The maximum atomic E-state index is 13.2. The molecule has 1 amide bonds. The van der Waals surface area contributed by atoms with Crippen LogP contribution >= 0.6 is 0 Å². The normalized spacial score (nSPS) is 17.2. The number of nitrogens with zero attached hydrogens (tertiary/aromatic N) is 1. The van der Waals surface area contributed by atoms with Gasteiger partial charge in [-0.25, -0.2) is 4.39 Å². The van der Waals surface area contributed by atoms with Crippen LogP contribution in [-0.4, -0.2) is 44.8 Å². The van der Waals surface area contributed by atoms with Crippen molar-refractivity contribution >= 4 is 5.91 Å². The summed E-state index contributed by atoms with van der Waals surface area (Å²) in [6.45, 7) is 1.32. The molecule has 1 atom stereocenters. The monoisotopic (exact) mass is 345 g/mol. The molecule has 1 fully saturated rings. The summed E-state index contributed by atoms with van der Waals surface area (Å²) in [5.74, 6) is 0.632. The second-order valence-electron chi connectivity index (χ2n) is 5.71. The third-order valence-corrected chi connectivity index (χ3v) is 4.27. The van der Waals surface area contributed by atoms with E-state index in [2.05, 4.69) is 0 Å². The van der Waals surface area contributed by atoms with E-state index in [0.717, 1.165) is 5.56 Å². The molecule has 1 heterocycles. The molecule has 2 aromatic carbocycles. The third kappa shape index (κ3) is 3.58. The second kappa shape index (κ2) is 7.53. The quantitative estimate of drug-likeness (QED) is 0.855. The van der Waals surface area contributed by atoms with E-state index in [1.165, 1.54) is 19.2 Å². The van der Waals surface area contributed by atoms with E-state index in [1.54, 1.807) is 42.3 Å². The fourth-order valence-corrected chi connectivity index (χ4v) is 2.94. The average molecular weight is 345 g/mol. The molecular formula is C19H20FNO4. The summed E-state index contributed by atoms with van der Waals surface area (Å²) in [6.07, 6.45) is 0. The molecule has 5 nitrogen and oxygen atoms in total. The molecule has 0 radical (unpaired) electrons. The molecule has 3 rings (SSSR count). The molecule has 0 N–H and O–H groups in total. The zero-order valence-corrected chi connectivity index (χ0v) is 14.2. The van der Waals surface area contributed by atoms with Crippen LogP contribution in [0.3, 0.4) is 0 Å². The van der Waals surface area contributed by atoms with E-state index in [-0.39, 0.29) is 17.8 Å². The summed E-state index contributed by atoms with van der Waals surface area (Å²) in [5.41, 5.74) is 1.35. The average Bonchev–Trinajstić information content (AvgIpc) is 2.67. The van der Waals surface area contributed by atoms with Crippen molar-refractivity contribution in [3.8, 4) is 11.5 Å². The van der Waals surface area contributed by atoms with Gasteiger partial charge in [-0.05, 0) is 35.9 Å². The summed E-state index contributed by atoms with van der Waals surface area (Å²) in [4.78, 5) is 14.8. The molecule has 2 aromatic rings. The first-order valence-corrected chi connectivity index (χ1v) is 8.00. The molecule has 0 spiro atoms. The topological polar surface area (TPSA) is 48.0 Å². The van der Waals surface area contributed by atoms with E-state index < -0.39 is 0 Å². The number of ether oxygens (including phenoxy) is 3. The molecule has 0 aliphatic carbocycles. The van der Waals surface area contributed by atoms with Gasteiger partial charge >= 0.3 is 0 Å². The highest BCUT2D eigenvalue weighted by molar-refractivity contribution is 5.95. The van der Waals surface area contributed by atoms with Crippen LogP contribution in [0.4, 0.5) is 4.39 Å². The fraction of sp³-hybridized carbons (Fsp3) is 0.316. The van der Waals surface area contributed by atoms with Crippen LogP contribution in [-0.2, 0) is 4.74 Å². The van der Waals surface area contributed by atoms with Gasteiger partial charge in [0.25, 0.3) is 5.91 Å². The lowest BCUT2D eigenvalue weighted by atomic mass is 10.0. The molecule has 132 valence electrons. The first-order chi connectivity index (χ1) is 12.1. The zero-order chi connectivity index (χ0) is 17.8. The smallest absolute Gasteiger partial charge is 0.254 e. The Labute approximate surface area is 145 Å². The highest BCUT2D eigenvalue weighted by Gasteiger charge is 2.29. The Balaban J connectivity index is 1.89. The number of halogens is 1. The first-order valence-electron chi connectivity index (χ1n) is 8.00. The van der Waals surface area contributed by atoms with Crippen LogP contribution in [0, 0.1) is 5.82 Å².